The largest absolute Gasteiger partial charge is 0.359 e. The number of rotatable bonds is 4. The first-order chi connectivity index (χ1) is 13.9. The van der Waals surface area contributed by atoms with Crippen molar-refractivity contribution in [2.24, 2.45) is 0 Å². The molecule has 0 fully saturated rings. The first-order valence-corrected chi connectivity index (χ1v) is 10.0. The smallest absolute Gasteiger partial charge is 0.320 e. The Kier molecular flexibility index (Phi) is 5.13. The Morgan fingerprint density at radius 3 is 2.79 bits per heavy atom. The highest BCUT2D eigenvalue weighted by molar-refractivity contribution is 5.88. The molecule has 29 heavy (non-hydrogen) atoms. The van der Waals surface area contributed by atoms with Crippen LogP contribution in [0.4, 0.5) is 10.6 Å². The second-order valence-corrected chi connectivity index (χ2v) is 8.56. The number of benzene rings is 1. The Bertz CT molecular complexity index is 984. The maximum Gasteiger partial charge on any atom is 0.320 e. The quantitative estimate of drug-likeness (QED) is 0.687. The summed E-state index contributed by atoms with van der Waals surface area (Å²) < 4.78 is 7.38. The molecule has 152 valence electrons. The number of nitrogens with one attached hydrogen (secondary N) is 2. The molecule has 2 N–H and O–H groups in total. The van der Waals surface area contributed by atoms with Crippen LogP contribution in [0.2, 0.25) is 0 Å². The summed E-state index contributed by atoms with van der Waals surface area (Å²) in [4.78, 5) is 12.5. The zero-order valence-corrected chi connectivity index (χ0v) is 17.1. The Hall–Kier alpha value is -3.09. The van der Waals surface area contributed by atoms with Crippen molar-refractivity contribution in [3.05, 3.63) is 65.2 Å². The summed E-state index contributed by atoms with van der Waals surface area (Å²) in [6.07, 6.45) is 4.76. The van der Waals surface area contributed by atoms with Gasteiger partial charge in [-0.3, -0.25) is 10.00 Å². The van der Waals surface area contributed by atoms with E-state index in [1.807, 2.05) is 49.8 Å². The number of fused-ring (bicyclic) bond motifs is 1. The van der Waals surface area contributed by atoms with Gasteiger partial charge in [-0.25, -0.2) is 4.79 Å². The number of aromatic nitrogens is 3. The minimum atomic E-state index is -0.285. The van der Waals surface area contributed by atoms with Crippen LogP contribution in [0.15, 0.2) is 47.1 Å². The van der Waals surface area contributed by atoms with E-state index >= 15 is 0 Å². The zero-order valence-electron chi connectivity index (χ0n) is 17.1. The molecule has 7 heteroatoms. The van der Waals surface area contributed by atoms with E-state index in [-0.39, 0.29) is 17.5 Å². The minimum Gasteiger partial charge on any atom is -0.359 e. The van der Waals surface area contributed by atoms with Crippen LogP contribution in [-0.4, -0.2) is 21.0 Å². The van der Waals surface area contributed by atoms with Gasteiger partial charge in [0, 0.05) is 22.7 Å². The predicted molar refractivity (Wildman–Crippen MR) is 111 cm³/mol. The monoisotopic (exact) mass is 393 g/mol. The van der Waals surface area contributed by atoms with E-state index in [9.17, 15) is 4.79 Å². The fraction of sp³-hybridized carbons (Fsp3) is 0.409. The van der Waals surface area contributed by atoms with Gasteiger partial charge in [0.25, 0.3) is 0 Å². The molecule has 0 bridgehead atoms. The molecule has 1 atom stereocenters. The molecule has 1 aliphatic rings. The van der Waals surface area contributed by atoms with Crippen LogP contribution in [0.5, 0.6) is 0 Å². The number of hydrogen-bond acceptors (Lipinski definition) is 4. The number of nitrogens with zero attached hydrogens (tertiary/aromatic N) is 3. The predicted octanol–water partition coefficient (Wildman–Crippen LogP) is 4.42. The highest BCUT2D eigenvalue weighted by Crippen LogP contribution is 2.30. The lowest BCUT2D eigenvalue weighted by molar-refractivity contribution is 0.246. The van der Waals surface area contributed by atoms with Crippen LogP contribution in [0.1, 0.15) is 62.2 Å². The third-order valence-electron chi connectivity index (χ3n) is 5.23. The Morgan fingerprint density at radius 2 is 2.07 bits per heavy atom. The summed E-state index contributed by atoms with van der Waals surface area (Å²) in [5.41, 5.74) is 3.35. The Balaban J connectivity index is 1.43. The summed E-state index contributed by atoms with van der Waals surface area (Å²) in [6, 6.07) is 11.7. The lowest BCUT2D eigenvalue weighted by atomic mass is 9.93. The van der Waals surface area contributed by atoms with E-state index in [0.717, 1.165) is 37.1 Å². The van der Waals surface area contributed by atoms with E-state index in [1.165, 1.54) is 11.3 Å². The van der Waals surface area contributed by atoms with Gasteiger partial charge < -0.3 is 9.84 Å². The van der Waals surface area contributed by atoms with Gasteiger partial charge in [0.05, 0.1) is 18.8 Å². The summed E-state index contributed by atoms with van der Waals surface area (Å²) >= 11 is 0. The molecule has 2 heterocycles. The number of carbonyl (C=O) groups is 1. The van der Waals surface area contributed by atoms with Crippen LogP contribution in [0.3, 0.4) is 0 Å². The maximum atomic E-state index is 12.5. The molecule has 0 saturated heterocycles. The molecule has 0 spiro atoms. The van der Waals surface area contributed by atoms with Crippen LogP contribution in [-0.2, 0) is 18.4 Å². The third kappa shape index (κ3) is 4.34. The summed E-state index contributed by atoms with van der Waals surface area (Å²) in [6.45, 7) is 6.85. The molecule has 2 aromatic heterocycles. The number of amides is 2. The van der Waals surface area contributed by atoms with Crippen molar-refractivity contribution < 1.29 is 9.32 Å². The topological polar surface area (TPSA) is 85.0 Å². The Morgan fingerprint density at radius 1 is 1.28 bits per heavy atom. The van der Waals surface area contributed by atoms with Crippen LogP contribution in [0.25, 0.3) is 0 Å². The highest BCUT2D eigenvalue weighted by atomic mass is 16.5. The molecular weight excluding hydrogens is 366 g/mol. The molecule has 1 aromatic carbocycles. The normalized spacial score (nSPS) is 16.3. The van der Waals surface area contributed by atoms with Crippen LogP contribution < -0.4 is 10.6 Å². The average Bonchev–Trinajstić information content (AvgIpc) is 3.31. The summed E-state index contributed by atoms with van der Waals surface area (Å²) in [5.74, 6) is 1.15. The Labute approximate surface area is 170 Å². The van der Waals surface area contributed by atoms with Gasteiger partial charge >= 0.3 is 6.03 Å². The average molecular weight is 393 g/mol. The molecule has 0 aliphatic heterocycles. The van der Waals surface area contributed by atoms with E-state index in [2.05, 4.69) is 33.0 Å². The van der Waals surface area contributed by atoms with Gasteiger partial charge in [-0.05, 0) is 24.8 Å². The number of anilines is 1. The van der Waals surface area contributed by atoms with Crippen molar-refractivity contribution in [2.75, 3.05) is 5.32 Å². The van der Waals surface area contributed by atoms with E-state index in [0.29, 0.717) is 5.82 Å². The first-order valence-electron chi connectivity index (χ1n) is 10.0. The number of hydrogen-bond donors (Lipinski definition) is 2. The van der Waals surface area contributed by atoms with Gasteiger partial charge in [0.1, 0.15) is 5.76 Å². The van der Waals surface area contributed by atoms with Gasteiger partial charge in [-0.15, -0.1) is 0 Å². The van der Waals surface area contributed by atoms with Crippen molar-refractivity contribution in [3.63, 3.8) is 0 Å². The van der Waals surface area contributed by atoms with Crippen molar-refractivity contribution >= 4 is 11.8 Å². The van der Waals surface area contributed by atoms with E-state index in [1.54, 1.807) is 6.07 Å². The van der Waals surface area contributed by atoms with Crippen molar-refractivity contribution in [3.8, 4) is 0 Å². The summed E-state index contributed by atoms with van der Waals surface area (Å²) in [5, 5.41) is 14.4. The SMILES string of the molecule is CC(C)(C)c1cc(NC(=O)NC2CCCc3c2cnn3Cc2ccccc2)no1. The van der Waals surface area contributed by atoms with E-state index < -0.39 is 0 Å². The molecule has 1 unspecified atom stereocenters. The second-order valence-electron chi connectivity index (χ2n) is 8.56. The number of carbonyl (C=O) groups excluding carboxylic acids is 1. The fourth-order valence-electron chi connectivity index (χ4n) is 3.66. The molecule has 4 rings (SSSR count). The molecule has 0 saturated carbocycles. The van der Waals surface area contributed by atoms with Gasteiger partial charge in [0.15, 0.2) is 5.82 Å². The van der Waals surface area contributed by atoms with Crippen molar-refractivity contribution in [2.45, 2.75) is 58.0 Å². The first kappa shape index (κ1) is 19.2. The van der Waals surface area contributed by atoms with Crippen molar-refractivity contribution in [1.82, 2.24) is 20.3 Å². The lowest BCUT2D eigenvalue weighted by Crippen LogP contribution is -2.34. The summed E-state index contributed by atoms with van der Waals surface area (Å²) in [7, 11) is 0. The zero-order chi connectivity index (χ0) is 20.4. The second kappa shape index (κ2) is 7.73. The fourth-order valence-corrected chi connectivity index (χ4v) is 3.66. The van der Waals surface area contributed by atoms with Crippen LogP contribution >= 0.6 is 0 Å². The van der Waals surface area contributed by atoms with E-state index in [4.69, 9.17) is 4.52 Å². The molecule has 1 aliphatic carbocycles. The lowest BCUT2D eigenvalue weighted by Gasteiger charge is -2.24. The molecule has 3 aromatic rings. The third-order valence-corrected chi connectivity index (χ3v) is 5.23. The van der Waals surface area contributed by atoms with Gasteiger partial charge in [0.2, 0.25) is 0 Å². The molecule has 7 nitrogen and oxygen atoms in total. The highest BCUT2D eigenvalue weighted by Gasteiger charge is 2.26. The van der Waals surface area contributed by atoms with Gasteiger partial charge in [-0.1, -0.05) is 56.3 Å². The molecule has 2 amide bonds. The van der Waals surface area contributed by atoms with Gasteiger partial charge in [-0.2, -0.15) is 5.10 Å². The number of urea groups is 1. The molecular formula is C22H27N5O2. The molecule has 0 radical (unpaired) electrons. The standard InChI is InChI=1S/C22H27N5O2/c1-22(2,3)19-12-20(26-29-19)25-21(28)24-17-10-7-11-18-16(17)13-23-27(18)14-15-8-5-4-6-9-15/h4-6,8-9,12-13,17H,7,10-11,14H2,1-3H3,(H2,24,25,26,28). The van der Waals surface area contributed by atoms with Crippen LogP contribution in [0, 0.1) is 0 Å². The maximum absolute atomic E-state index is 12.5. The van der Waals surface area contributed by atoms with Crippen molar-refractivity contribution in [1.29, 1.82) is 0 Å². The minimum absolute atomic E-state index is 0.0581.